The quantitative estimate of drug-likeness (QED) is 0.0348. The van der Waals surface area contributed by atoms with E-state index in [0.29, 0.717) is 31.0 Å². The third-order valence-electron chi connectivity index (χ3n) is 11.7. The Balaban J connectivity index is 1.43. The highest BCUT2D eigenvalue weighted by molar-refractivity contribution is 8.13. The summed E-state index contributed by atoms with van der Waals surface area (Å²) in [4.78, 5) is 31.3. The number of hydrogen-bond acceptors (Lipinski definition) is 13. The van der Waals surface area contributed by atoms with Gasteiger partial charge in [0.1, 0.15) is 40.7 Å². The number of methoxy groups -OCH3 is 2. The lowest BCUT2D eigenvalue weighted by atomic mass is 9.77. The molecule has 1 aromatic heterocycles. The van der Waals surface area contributed by atoms with Crippen molar-refractivity contribution in [1.82, 2.24) is 14.2 Å². The van der Waals surface area contributed by atoms with E-state index in [-0.39, 0.29) is 23.3 Å². The van der Waals surface area contributed by atoms with Gasteiger partial charge in [-0.3, -0.25) is 18.4 Å². The first kappa shape index (κ1) is 50.0. The lowest BCUT2D eigenvalue weighted by Crippen LogP contribution is -2.46. The zero-order valence-corrected chi connectivity index (χ0v) is 39.5. The molecule has 0 spiro atoms. The highest BCUT2D eigenvalue weighted by Crippen LogP contribution is 2.53. The molecule has 0 aliphatic carbocycles. The van der Waals surface area contributed by atoms with Crippen molar-refractivity contribution in [3.05, 3.63) is 118 Å². The van der Waals surface area contributed by atoms with Crippen molar-refractivity contribution in [1.29, 1.82) is 0 Å². The minimum absolute atomic E-state index is 0.0133. The molecule has 1 saturated heterocycles. The summed E-state index contributed by atoms with van der Waals surface area (Å²) in [6, 6.07) is 26.6. The molecule has 3 N–H and O–H groups in total. The molecule has 0 saturated carbocycles. The highest BCUT2D eigenvalue weighted by Gasteiger charge is 2.54. The number of aliphatic hydroxyl groups excluding tert-OH is 1. The van der Waals surface area contributed by atoms with E-state index < -0.39 is 55.0 Å². The molecule has 344 valence electrons. The normalized spacial score (nSPS) is 20.1. The summed E-state index contributed by atoms with van der Waals surface area (Å²) in [6.45, 7) is 11.6. The SMILES string of the molecule is CCCCN(CCCC)P(=O)(OCCSC(=O)C(C)(C)CC)OC[C@H]1O[C@@H](n2ccc(NC(c3ccccc3)(c3ccc(OC)cc3)c3ccc(OC)cc3)nc2=O)[C@@](C)(O)C1O. The number of benzene rings is 3. The van der Waals surface area contributed by atoms with Crippen LogP contribution in [0.3, 0.4) is 0 Å². The van der Waals surface area contributed by atoms with E-state index in [1.165, 1.54) is 13.1 Å². The molecule has 0 radical (unpaired) electrons. The molecule has 0 amide bonds. The number of aliphatic hydroxyl groups is 2. The van der Waals surface area contributed by atoms with Gasteiger partial charge >= 0.3 is 13.4 Å². The number of aromatic nitrogens is 2. The van der Waals surface area contributed by atoms with Gasteiger partial charge in [-0.05, 0) is 73.2 Å². The van der Waals surface area contributed by atoms with Gasteiger partial charge in [0.25, 0.3) is 0 Å². The van der Waals surface area contributed by atoms with Gasteiger partial charge in [0.2, 0.25) is 0 Å². The molecule has 5 rings (SSSR count). The smallest absolute Gasteiger partial charge is 0.408 e. The second-order valence-corrected chi connectivity index (χ2v) is 19.6. The van der Waals surface area contributed by atoms with E-state index in [1.54, 1.807) is 25.0 Å². The van der Waals surface area contributed by atoms with E-state index in [2.05, 4.69) is 10.3 Å². The Kier molecular flexibility index (Phi) is 17.6. The topological polar surface area (TPSA) is 171 Å². The first-order valence-corrected chi connectivity index (χ1v) is 24.2. The van der Waals surface area contributed by atoms with E-state index in [4.69, 9.17) is 23.3 Å². The first-order chi connectivity index (χ1) is 30.1. The molecule has 1 fully saturated rings. The largest absolute Gasteiger partial charge is 0.497 e. The molecule has 2 heterocycles. The van der Waals surface area contributed by atoms with Crippen LogP contribution in [-0.4, -0.2) is 93.6 Å². The zero-order chi connectivity index (χ0) is 45.8. The fourth-order valence-corrected chi connectivity index (χ4v) is 10.2. The predicted octanol–water partition coefficient (Wildman–Crippen LogP) is 8.41. The van der Waals surface area contributed by atoms with Crippen LogP contribution >= 0.6 is 19.5 Å². The summed E-state index contributed by atoms with van der Waals surface area (Å²) in [5, 5.41) is 26.8. The fraction of sp³-hybridized carbons (Fsp3) is 0.511. The van der Waals surface area contributed by atoms with Gasteiger partial charge < -0.3 is 29.7 Å². The van der Waals surface area contributed by atoms with Crippen LogP contribution in [0, 0.1) is 5.41 Å². The Morgan fingerprint density at radius 1 is 0.905 bits per heavy atom. The van der Waals surface area contributed by atoms with Crippen LogP contribution < -0.4 is 20.5 Å². The molecule has 2 unspecified atom stereocenters. The summed E-state index contributed by atoms with van der Waals surface area (Å²) < 4.78 is 46.8. The minimum Gasteiger partial charge on any atom is -0.497 e. The number of rotatable bonds is 24. The lowest BCUT2D eigenvalue weighted by Gasteiger charge is -2.37. The summed E-state index contributed by atoms with van der Waals surface area (Å²) in [6.07, 6.45) is 1.17. The van der Waals surface area contributed by atoms with Gasteiger partial charge in [-0.2, -0.15) is 4.98 Å². The number of ether oxygens (including phenoxy) is 3. The van der Waals surface area contributed by atoms with Crippen LogP contribution in [0.25, 0.3) is 0 Å². The van der Waals surface area contributed by atoms with E-state index in [0.717, 1.165) is 58.7 Å². The number of anilines is 1. The van der Waals surface area contributed by atoms with Crippen molar-refractivity contribution < 1.29 is 42.8 Å². The van der Waals surface area contributed by atoms with E-state index in [9.17, 15) is 24.4 Å². The molecule has 16 heteroatoms. The maximum Gasteiger partial charge on any atom is 0.408 e. The number of unbranched alkanes of at least 4 members (excludes halogenated alkanes) is 2. The lowest BCUT2D eigenvalue weighted by molar-refractivity contribution is -0.118. The van der Waals surface area contributed by atoms with Gasteiger partial charge in [0.05, 0.1) is 27.4 Å². The second-order valence-electron chi connectivity index (χ2n) is 16.5. The highest BCUT2D eigenvalue weighted by atomic mass is 32.2. The van der Waals surface area contributed by atoms with Crippen LogP contribution in [-0.2, 0) is 28.7 Å². The third kappa shape index (κ3) is 11.6. The maximum absolute atomic E-state index is 14.7. The number of nitrogens with zero attached hydrogens (tertiary/aromatic N) is 3. The second kappa shape index (κ2) is 22.2. The van der Waals surface area contributed by atoms with E-state index in [1.807, 2.05) is 113 Å². The van der Waals surface area contributed by atoms with E-state index >= 15 is 0 Å². The molecule has 63 heavy (non-hydrogen) atoms. The van der Waals surface area contributed by atoms with Crippen LogP contribution in [0.2, 0.25) is 0 Å². The van der Waals surface area contributed by atoms with Gasteiger partial charge in [0.15, 0.2) is 11.3 Å². The molecule has 3 aromatic carbocycles. The number of carbonyl (C=O) groups is 1. The molecule has 1 aliphatic rings. The number of thioether (sulfide) groups is 1. The molecule has 14 nitrogen and oxygen atoms in total. The average molecular weight is 909 g/mol. The molecule has 4 aromatic rings. The van der Waals surface area contributed by atoms with Gasteiger partial charge in [-0.1, -0.05) is 114 Å². The van der Waals surface area contributed by atoms with Gasteiger partial charge in [-0.15, -0.1) is 0 Å². The van der Waals surface area contributed by atoms with Crippen molar-refractivity contribution in [3.63, 3.8) is 0 Å². The monoisotopic (exact) mass is 908 g/mol. The molecular formula is C47H65N4O10PS. The Morgan fingerprint density at radius 2 is 1.46 bits per heavy atom. The van der Waals surface area contributed by atoms with Gasteiger partial charge in [-0.25, -0.2) is 14.0 Å². The summed E-state index contributed by atoms with van der Waals surface area (Å²) in [7, 11) is -0.793. The minimum atomic E-state index is -4.00. The summed E-state index contributed by atoms with van der Waals surface area (Å²) in [5.41, 5.74) is -1.81. The molecule has 5 atom stereocenters. The molecular weight excluding hydrogens is 844 g/mol. The number of nitrogens with one attached hydrogen (secondary N) is 1. The van der Waals surface area contributed by atoms with Crippen LogP contribution in [0.1, 0.15) is 96.6 Å². The Hall–Kier alpha value is -4.05. The molecule has 1 aliphatic heterocycles. The summed E-state index contributed by atoms with van der Waals surface area (Å²) >= 11 is 1.13. The van der Waals surface area contributed by atoms with Gasteiger partial charge in [0, 0.05) is 30.5 Å². The third-order valence-corrected chi connectivity index (χ3v) is 15.0. The predicted molar refractivity (Wildman–Crippen MR) is 247 cm³/mol. The maximum atomic E-state index is 14.7. The number of hydrogen-bond donors (Lipinski definition) is 3. The van der Waals surface area contributed by atoms with Crippen molar-refractivity contribution in [2.24, 2.45) is 5.41 Å². The van der Waals surface area contributed by atoms with Crippen molar-refractivity contribution in [2.75, 3.05) is 51.6 Å². The van der Waals surface area contributed by atoms with Crippen LogP contribution in [0.15, 0.2) is 95.9 Å². The van der Waals surface area contributed by atoms with Crippen molar-refractivity contribution in [2.45, 2.75) is 103 Å². The molecule has 0 bridgehead atoms. The Labute approximate surface area is 376 Å². The van der Waals surface area contributed by atoms with Crippen molar-refractivity contribution >= 4 is 30.4 Å². The Bertz CT molecular complexity index is 2120. The average Bonchev–Trinajstić information content (AvgIpc) is 3.52. The zero-order valence-electron chi connectivity index (χ0n) is 37.8. The number of carbonyl (C=O) groups excluding carboxylic acids is 1. The first-order valence-electron chi connectivity index (χ1n) is 21.7. The summed E-state index contributed by atoms with van der Waals surface area (Å²) in [5.74, 6) is 1.84. The fourth-order valence-electron chi connectivity index (χ4n) is 7.35. The van der Waals surface area contributed by atoms with Crippen LogP contribution in [0.5, 0.6) is 11.5 Å². The standard InChI is InChI=1S/C47H65N4O10PS/c1-9-12-28-50(29-13-10-2)62(56,59-31-32-63-43(53)45(4,5)11-3)60-33-39-41(52)46(6,55)42(61-39)51-30-27-40(48-44(51)54)49-47(34-17-15-14-16-18-34,35-19-23-37(57-7)24-20-35)36-21-25-38(58-8)26-22-36/h14-27,30,39,41-42,52,55H,9-13,28-29,31-33H2,1-8H3,(H,48,49,54)/t39-,41?,42-,46+,62?/m1/s1. The Morgan fingerprint density at radius 3 is 1.97 bits per heavy atom. The van der Waals surface area contributed by atoms with Crippen LogP contribution in [0.4, 0.5) is 5.82 Å². The van der Waals surface area contributed by atoms with Crippen molar-refractivity contribution in [3.8, 4) is 11.5 Å².